The molecule has 80 valence electrons. The second-order valence-electron chi connectivity index (χ2n) is 4.29. The summed E-state index contributed by atoms with van der Waals surface area (Å²) in [5.74, 6) is 0.543. The van der Waals surface area contributed by atoms with Crippen molar-refractivity contribution in [2.24, 2.45) is 11.7 Å². The summed E-state index contributed by atoms with van der Waals surface area (Å²) in [7, 11) is 0. The smallest absolute Gasteiger partial charge is 0.0938 e. The summed E-state index contributed by atoms with van der Waals surface area (Å²) in [6.45, 7) is 2.31. The number of hydrogen-bond acceptors (Lipinski definition) is 3. The van der Waals surface area contributed by atoms with Gasteiger partial charge in [-0.3, -0.25) is 5.41 Å². The molecule has 0 amide bonds. The van der Waals surface area contributed by atoms with E-state index in [4.69, 9.17) is 20.6 Å². The maximum absolute atomic E-state index is 7.48. The minimum atomic E-state index is -0.0349. The van der Waals surface area contributed by atoms with Gasteiger partial charge in [-0.2, -0.15) is 0 Å². The molecule has 1 spiro atoms. The van der Waals surface area contributed by atoms with Gasteiger partial charge in [0.05, 0.1) is 11.4 Å². The Morgan fingerprint density at radius 1 is 1.29 bits per heavy atom. The quantitative estimate of drug-likeness (QED) is 0.486. The fourth-order valence-corrected chi connectivity index (χ4v) is 2.39. The van der Waals surface area contributed by atoms with Crippen molar-refractivity contribution in [2.75, 3.05) is 19.8 Å². The van der Waals surface area contributed by atoms with Crippen molar-refractivity contribution in [1.29, 1.82) is 5.41 Å². The lowest BCUT2D eigenvalue weighted by atomic mass is 9.80. The zero-order valence-corrected chi connectivity index (χ0v) is 8.42. The van der Waals surface area contributed by atoms with Crippen molar-refractivity contribution in [1.82, 2.24) is 0 Å². The summed E-state index contributed by atoms with van der Waals surface area (Å²) in [4.78, 5) is 0. The molecule has 2 rings (SSSR count). The number of ether oxygens (including phenoxy) is 2. The molecule has 2 aliphatic rings. The van der Waals surface area contributed by atoms with Crippen molar-refractivity contribution in [3.8, 4) is 0 Å². The molecule has 0 aromatic rings. The first-order valence-electron chi connectivity index (χ1n) is 5.27. The highest BCUT2D eigenvalue weighted by Crippen LogP contribution is 2.36. The van der Waals surface area contributed by atoms with Crippen LogP contribution in [0.5, 0.6) is 0 Å². The third kappa shape index (κ3) is 1.91. The Balaban J connectivity index is 2.01. The van der Waals surface area contributed by atoms with Crippen molar-refractivity contribution in [3.63, 3.8) is 0 Å². The van der Waals surface area contributed by atoms with Crippen LogP contribution in [0.2, 0.25) is 0 Å². The first-order valence-corrected chi connectivity index (χ1v) is 5.27. The number of hydrogen-bond donors (Lipinski definition) is 2. The lowest BCUT2D eigenvalue weighted by Gasteiger charge is -2.43. The molecule has 0 aromatic heterocycles. The minimum absolute atomic E-state index is 0.0349. The SMILES string of the molecule is N=C(N)[C@H]1CCOC2(CCOCC2)C1. The molecule has 2 aliphatic heterocycles. The first-order chi connectivity index (χ1) is 6.72. The predicted molar refractivity (Wildman–Crippen MR) is 53.4 cm³/mol. The summed E-state index contributed by atoms with van der Waals surface area (Å²) in [5.41, 5.74) is 5.52. The highest BCUT2D eigenvalue weighted by Gasteiger charge is 2.39. The Bertz CT molecular complexity index is 219. The van der Waals surface area contributed by atoms with Gasteiger partial charge < -0.3 is 15.2 Å². The number of nitrogens with two attached hydrogens (primary N) is 1. The van der Waals surface area contributed by atoms with Crippen LogP contribution in [0.3, 0.4) is 0 Å². The van der Waals surface area contributed by atoms with E-state index >= 15 is 0 Å². The Morgan fingerprint density at radius 2 is 2.00 bits per heavy atom. The fraction of sp³-hybridized carbons (Fsp3) is 0.900. The molecule has 2 heterocycles. The number of nitrogens with one attached hydrogen (secondary N) is 1. The number of rotatable bonds is 1. The van der Waals surface area contributed by atoms with Crippen LogP contribution in [-0.2, 0) is 9.47 Å². The van der Waals surface area contributed by atoms with Gasteiger partial charge in [-0.1, -0.05) is 0 Å². The van der Waals surface area contributed by atoms with Gasteiger partial charge in [0.2, 0.25) is 0 Å². The highest BCUT2D eigenvalue weighted by atomic mass is 16.5. The van der Waals surface area contributed by atoms with Crippen LogP contribution in [-0.4, -0.2) is 31.3 Å². The monoisotopic (exact) mass is 198 g/mol. The van der Waals surface area contributed by atoms with Crippen molar-refractivity contribution >= 4 is 5.84 Å². The third-order valence-electron chi connectivity index (χ3n) is 3.34. The lowest BCUT2D eigenvalue weighted by molar-refractivity contribution is -0.140. The molecule has 0 saturated carbocycles. The Kier molecular flexibility index (Phi) is 2.74. The Labute approximate surface area is 84.3 Å². The maximum Gasteiger partial charge on any atom is 0.0938 e. The average Bonchev–Trinajstić information content (AvgIpc) is 2.19. The third-order valence-corrected chi connectivity index (χ3v) is 3.34. The summed E-state index contributed by atoms with van der Waals surface area (Å²) >= 11 is 0. The molecule has 0 radical (unpaired) electrons. The topological polar surface area (TPSA) is 68.3 Å². The van der Waals surface area contributed by atoms with Gasteiger partial charge in [0, 0.05) is 25.7 Å². The van der Waals surface area contributed by atoms with Gasteiger partial charge in [-0.15, -0.1) is 0 Å². The summed E-state index contributed by atoms with van der Waals surface area (Å²) in [6, 6.07) is 0. The van der Waals surface area contributed by atoms with Gasteiger partial charge in [0.25, 0.3) is 0 Å². The minimum Gasteiger partial charge on any atom is -0.387 e. The molecule has 0 aliphatic carbocycles. The Hall–Kier alpha value is -0.610. The molecular formula is C10H18N2O2. The molecule has 14 heavy (non-hydrogen) atoms. The Morgan fingerprint density at radius 3 is 2.64 bits per heavy atom. The number of amidine groups is 1. The fourth-order valence-electron chi connectivity index (χ4n) is 2.39. The van der Waals surface area contributed by atoms with E-state index in [0.717, 1.165) is 45.5 Å². The first kappa shape index (κ1) is 9.93. The molecule has 3 N–H and O–H groups in total. The molecule has 0 aromatic carbocycles. The zero-order valence-electron chi connectivity index (χ0n) is 8.42. The van der Waals surface area contributed by atoms with Crippen molar-refractivity contribution < 1.29 is 9.47 Å². The standard InChI is InChI=1S/C10H18N2O2/c11-9(12)8-1-4-14-10(7-8)2-5-13-6-3-10/h8H,1-7H2,(H3,11,12)/t8-/m0/s1. The van der Waals surface area contributed by atoms with E-state index in [-0.39, 0.29) is 11.5 Å². The van der Waals surface area contributed by atoms with E-state index < -0.39 is 0 Å². The van der Waals surface area contributed by atoms with Crippen LogP contribution in [0.1, 0.15) is 25.7 Å². The van der Waals surface area contributed by atoms with E-state index in [9.17, 15) is 0 Å². The van der Waals surface area contributed by atoms with Crippen LogP contribution in [0, 0.1) is 11.3 Å². The molecule has 2 saturated heterocycles. The summed E-state index contributed by atoms with van der Waals surface area (Å²) in [6.07, 6.45) is 3.72. The molecule has 4 nitrogen and oxygen atoms in total. The predicted octanol–water partition coefficient (Wildman–Crippen LogP) is 0.898. The van der Waals surface area contributed by atoms with E-state index in [1.54, 1.807) is 0 Å². The van der Waals surface area contributed by atoms with E-state index in [0.29, 0.717) is 5.84 Å². The molecule has 1 atom stereocenters. The second kappa shape index (κ2) is 3.87. The van der Waals surface area contributed by atoms with Crippen LogP contribution in [0.4, 0.5) is 0 Å². The van der Waals surface area contributed by atoms with E-state index in [2.05, 4.69) is 0 Å². The largest absolute Gasteiger partial charge is 0.387 e. The summed E-state index contributed by atoms with van der Waals surface area (Å²) in [5, 5.41) is 7.48. The van der Waals surface area contributed by atoms with E-state index in [1.807, 2.05) is 0 Å². The van der Waals surface area contributed by atoms with Gasteiger partial charge in [0.15, 0.2) is 0 Å². The van der Waals surface area contributed by atoms with Gasteiger partial charge in [-0.05, 0) is 25.7 Å². The lowest BCUT2D eigenvalue weighted by Crippen LogP contribution is -2.46. The molecule has 0 unspecified atom stereocenters. The van der Waals surface area contributed by atoms with Crippen LogP contribution < -0.4 is 5.73 Å². The van der Waals surface area contributed by atoms with Gasteiger partial charge >= 0.3 is 0 Å². The maximum atomic E-state index is 7.48. The van der Waals surface area contributed by atoms with E-state index in [1.165, 1.54) is 0 Å². The zero-order chi connectivity index (χ0) is 10.0. The molecule has 0 bridgehead atoms. The van der Waals surface area contributed by atoms with Crippen molar-refractivity contribution in [2.45, 2.75) is 31.3 Å². The highest BCUT2D eigenvalue weighted by molar-refractivity contribution is 5.79. The second-order valence-corrected chi connectivity index (χ2v) is 4.29. The normalized spacial score (nSPS) is 31.6. The molecule has 4 heteroatoms. The summed E-state index contributed by atoms with van der Waals surface area (Å²) < 4.78 is 11.2. The van der Waals surface area contributed by atoms with Gasteiger partial charge in [-0.25, -0.2) is 0 Å². The van der Waals surface area contributed by atoms with Crippen molar-refractivity contribution in [3.05, 3.63) is 0 Å². The average molecular weight is 198 g/mol. The van der Waals surface area contributed by atoms with Crippen LogP contribution in [0.25, 0.3) is 0 Å². The van der Waals surface area contributed by atoms with Gasteiger partial charge in [0.1, 0.15) is 0 Å². The van der Waals surface area contributed by atoms with Crippen LogP contribution >= 0.6 is 0 Å². The molecular weight excluding hydrogens is 180 g/mol. The molecule has 2 fully saturated rings. The van der Waals surface area contributed by atoms with Crippen LogP contribution in [0.15, 0.2) is 0 Å².